The molecule has 0 aliphatic heterocycles. The highest BCUT2D eigenvalue weighted by atomic mass is 16.1. The minimum atomic E-state index is -0.0209. The van der Waals surface area contributed by atoms with E-state index in [1.54, 1.807) is 0 Å². The molecule has 0 aliphatic rings. The highest BCUT2D eigenvalue weighted by Gasteiger charge is 2.09. The van der Waals surface area contributed by atoms with Crippen molar-refractivity contribution in [1.82, 2.24) is 0 Å². The average Bonchev–Trinajstić information content (AvgIpc) is 2.39. The fraction of sp³-hybridized carbons (Fsp3) is 0.235. The van der Waals surface area contributed by atoms with Gasteiger partial charge in [-0.25, -0.2) is 0 Å². The second-order valence-corrected chi connectivity index (χ2v) is 5.17. The Morgan fingerprint density at radius 2 is 1.90 bits per heavy atom. The SMILES string of the molecule is Cc1ccc(C)c(CC(=O)Nc2cccc(N)c2C)c1. The molecular weight excluding hydrogens is 248 g/mol. The van der Waals surface area contributed by atoms with Gasteiger partial charge in [-0.05, 0) is 49.6 Å². The maximum absolute atomic E-state index is 12.2. The van der Waals surface area contributed by atoms with Gasteiger partial charge < -0.3 is 11.1 Å². The van der Waals surface area contributed by atoms with Gasteiger partial charge in [-0.15, -0.1) is 0 Å². The van der Waals surface area contributed by atoms with Gasteiger partial charge in [0.25, 0.3) is 0 Å². The van der Waals surface area contributed by atoms with Crippen LogP contribution in [0.1, 0.15) is 22.3 Å². The summed E-state index contributed by atoms with van der Waals surface area (Å²) in [6, 6.07) is 11.7. The molecule has 2 rings (SSSR count). The molecule has 0 unspecified atom stereocenters. The van der Waals surface area contributed by atoms with E-state index in [0.717, 1.165) is 22.4 Å². The molecule has 0 radical (unpaired) electrons. The number of carbonyl (C=O) groups excluding carboxylic acids is 1. The minimum Gasteiger partial charge on any atom is -0.398 e. The predicted octanol–water partition coefficient (Wildman–Crippen LogP) is 3.38. The van der Waals surface area contributed by atoms with Gasteiger partial charge in [0.15, 0.2) is 0 Å². The van der Waals surface area contributed by atoms with Crippen LogP contribution >= 0.6 is 0 Å². The van der Waals surface area contributed by atoms with Crippen molar-refractivity contribution < 1.29 is 4.79 Å². The van der Waals surface area contributed by atoms with Crippen molar-refractivity contribution in [2.24, 2.45) is 0 Å². The molecule has 0 heterocycles. The zero-order valence-electron chi connectivity index (χ0n) is 12.2. The van der Waals surface area contributed by atoms with E-state index < -0.39 is 0 Å². The maximum atomic E-state index is 12.2. The molecule has 20 heavy (non-hydrogen) atoms. The summed E-state index contributed by atoms with van der Waals surface area (Å²) < 4.78 is 0. The smallest absolute Gasteiger partial charge is 0.228 e. The number of nitrogens with two attached hydrogens (primary N) is 1. The molecule has 2 aromatic carbocycles. The van der Waals surface area contributed by atoms with Crippen LogP contribution in [0, 0.1) is 20.8 Å². The first kappa shape index (κ1) is 14.1. The summed E-state index contributed by atoms with van der Waals surface area (Å²) in [5.41, 5.74) is 11.6. The van der Waals surface area contributed by atoms with Crippen LogP contribution in [0.3, 0.4) is 0 Å². The Bertz CT molecular complexity index is 641. The number of nitrogens with one attached hydrogen (secondary N) is 1. The van der Waals surface area contributed by atoms with Crippen molar-refractivity contribution in [2.45, 2.75) is 27.2 Å². The van der Waals surface area contributed by atoms with E-state index in [0.29, 0.717) is 12.1 Å². The predicted molar refractivity (Wildman–Crippen MR) is 83.8 cm³/mol. The van der Waals surface area contributed by atoms with Crippen LogP contribution in [0.4, 0.5) is 11.4 Å². The second-order valence-electron chi connectivity index (χ2n) is 5.17. The van der Waals surface area contributed by atoms with E-state index in [2.05, 4.69) is 17.4 Å². The second kappa shape index (κ2) is 5.78. The molecule has 3 heteroatoms. The lowest BCUT2D eigenvalue weighted by Crippen LogP contribution is -2.16. The fourth-order valence-electron chi connectivity index (χ4n) is 2.15. The first-order valence-electron chi connectivity index (χ1n) is 6.68. The highest BCUT2D eigenvalue weighted by molar-refractivity contribution is 5.93. The molecule has 0 aliphatic carbocycles. The zero-order valence-corrected chi connectivity index (χ0v) is 12.2. The summed E-state index contributed by atoms with van der Waals surface area (Å²) in [7, 11) is 0. The van der Waals surface area contributed by atoms with Gasteiger partial charge in [-0.3, -0.25) is 4.79 Å². The molecule has 3 N–H and O–H groups in total. The van der Waals surface area contributed by atoms with Crippen molar-refractivity contribution in [3.63, 3.8) is 0 Å². The number of carbonyl (C=O) groups is 1. The maximum Gasteiger partial charge on any atom is 0.228 e. The van der Waals surface area contributed by atoms with Gasteiger partial charge in [0.2, 0.25) is 5.91 Å². The van der Waals surface area contributed by atoms with Gasteiger partial charge in [-0.1, -0.05) is 29.8 Å². The summed E-state index contributed by atoms with van der Waals surface area (Å²) in [6.07, 6.45) is 0.377. The number of aryl methyl sites for hydroxylation is 2. The largest absolute Gasteiger partial charge is 0.398 e. The number of hydrogen-bond donors (Lipinski definition) is 2. The Labute approximate surface area is 119 Å². The van der Waals surface area contributed by atoms with Gasteiger partial charge in [0.05, 0.1) is 6.42 Å². The molecule has 0 saturated heterocycles. The van der Waals surface area contributed by atoms with Crippen molar-refractivity contribution in [3.8, 4) is 0 Å². The molecule has 104 valence electrons. The van der Waals surface area contributed by atoms with Crippen LogP contribution in [0.5, 0.6) is 0 Å². The molecule has 0 aromatic heterocycles. The van der Waals surface area contributed by atoms with E-state index in [9.17, 15) is 4.79 Å². The zero-order chi connectivity index (χ0) is 14.7. The summed E-state index contributed by atoms with van der Waals surface area (Å²) in [4.78, 5) is 12.2. The Balaban J connectivity index is 2.13. The standard InChI is InChI=1S/C17H20N2O/c1-11-7-8-12(2)14(9-11)10-17(20)19-16-6-4-5-15(18)13(16)3/h4-9H,10,18H2,1-3H3,(H,19,20). The van der Waals surface area contributed by atoms with E-state index in [1.807, 2.05) is 45.0 Å². The van der Waals surface area contributed by atoms with Crippen LogP contribution < -0.4 is 11.1 Å². The van der Waals surface area contributed by atoms with E-state index in [-0.39, 0.29) is 5.91 Å². The minimum absolute atomic E-state index is 0.0209. The molecule has 1 amide bonds. The van der Waals surface area contributed by atoms with Gasteiger partial charge in [0.1, 0.15) is 0 Å². The van der Waals surface area contributed by atoms with Crippen LogP contribution in [0.2, 0.25) is 0 Å². The molecule has 0 atom stereocenters. The first-order valence-corrected chi connectivity index (χ1v) is 6.68. The lowest BCUT2D eigenvalue weighted by molar-refractivity contribution is -0.115. The summed E-state index contributed by atoms with van der Waals surface area (Å²) in [5.74, 6) is -0.0209. The van der Waals surface area contributed by atoms with E-state index in [1.165, 1.54) is 5.56 Å². The number of benzene rings is 2. The Kier molecular flexibility index (Phi) is 4.08. The molecule has 0 saturated carbocycles. The third-order valence-corrected chi connectivity index (χ3v) is 3.51. The topological polar surface area (TPSA) is 55.1 Å². The third-order valence-electron chi connectivity index (χ3n) is 3.51. The quantitative estimate of drug-likeness (QED) is 0.838. The Morgan fingerprint density at radius 1 is 1.15 bits per heavy atom. The van der Waals surface area contributed by atoms with Crippen molar-refractivity contribution in [1.29, 1.82) is 0 Å². The normalized spacial score (nSPS) is 10.3. The van der Waals surface area contributed by atoms with Gasteiger partial charge >= 0.3 is 0 Å². The van der Waals surface area contributed by atoms with Crippen molar-refractivity contribution >= 4 is 17.3 Å². The molecule has 0 bridgehead atoms. The third kappa shape index (κ3) is 3.18. The Hall–Kier alpha value is -2.29. The Morgan fingerprint density at radius 3 is 2.65 bits per heavy atom. The number of nitrogen functional groups attached to an aromatic ring is 1. The van der Waals surface area contributed by atoms with Crippen LogP contribution in [0.25, 0.3) is 0 Å². The number of hydrogen-bond acceptors (Lipinski definition) is 2. The number of amides is 1. The summed E-state index contributed by atoms with van der Waals surface area (Å²) in [5, 5.41) is 2.93. The lowest BCUT2D eigenvalue weighted by Gasteiger charge is -2.11. The molecular formula is C17H20N2O. The number of anilines is 2. The lowest BCUT2D eigenvalue weighted by atomic mass is 10.0. The van der Waals surface area contributed by atoms with Crippen LogP contribution in [-0.2, 0) is 11.2 Å². The monoisotopic (exact) mass is 268 g/mol. The highest BCUT2D eigenvalue weighted by Crippen LogP contribution is 2.21. The van der Waals surface area contributed by atoms with Crippen molar-refractivity contribution in [2.75, 3.05) is 11.1 Å². The van der Waals surface area contributed by atoms with Crippen LogP contribution in [-0.4, -0.2) is 5.91 Å². The summed E-state index contributed by atoms with van der Waals surface area (Å²) >= 11 is 0. The number of rotatable bonds is 3. The first-order chi connectivity index (χ1) is 9.47. The van der Waals surface area contributed by atoms with Crippen LogP contribution in [0.15, 0.2) is 36.4 Å². The molecule has 0 spiro atoms. The molecule has 0 fully saturated rings. The molecule has 3 nitrogen and oxygen atoms in total. The van der Waals surface area contributed by atoms with Crippen molar-refractivity contribution in [3.05, 3.63) is 58.7 Å². The summed E-state index contributed by atoms with van der Waals surface area (Å²) in [6.45, 7) is 5.96. The average molecular weight is 268 g/mol. The van der Waals surface area contributed by atoms with E-state index in [4.69, 9.17) is 5.73 Å². The van der Waals surface area contributed by atoms with Gasteiger partial charge in [-0.2, -0.15) is 0 Å². The fourth-order valence-corrected chi connectivity index (χ4v) is 2.15. The van der Waals surface area contributed by atoms with Gasteiger partial charge in [0, 0.05) is 11.4 Å². The molecule has 2 aromatic rings. The van der Waals surface area contributed by atoms with E-state index >= 15 is 0 Å².